The molecule has 0 bridgehead atoms. The number of ether oxygens (including phenoxy) is 1. The summed E-state index contributed by atoms with van der Waals surface area (Å²) in [6, 6.07) is 5.39. The van der Waals surface area contributed by atoms with Crippen LogP contribution >= 0.6 is 0 Å². The Labute approximate surface area is 137 Å². The van der Waals surface area contributed by atoms with Crippen LogP contribution in [0.15, 0.2) is 18.2 Å². The van der Waals surface area contributed by atoms with Crippen LogP contribution in [0.3, 0.4) is 0 Å². The number of aryl methyl sites for hydroxylation is 2. The molecule has 0 aliphatic carbocycles. The number of nitrogens with zero attached hydrogens (tertiary/aromatic N) is 1. The Morgan fingerprint density at radius 1 is 1.30 bits per heavy atom. The van der Waals surface area contributed by atoms with E-state index in [1.165, 1.54) is 0 Å². The summed E-state index contributed by atoms with van der Waals surface area (Å²) in [4.78, 5) is 26.0. The summed E-state index contributed by atoms with van der Waals surface area (Å²) in [6.45, 7) is 9.37. The monoisotopic (exact) mass is 319 g/mol. The maximum atomic E-state index is 12.0. The first-order chi connectivity index (χ1) is 10.8. The standard InChI is InChI=1S/C17H25N3O3/c1-11-5-6-15(12(2)7-11)18-17(22)19-16(21)9-20-8-14(4)23-10-13(20)3/h5-7,13-14H,8-10H2,1-4H3,(H2,18,19,21,22)/t13-,14+/m0/s1. The molecule has 2 N–H and O–H groups in total. The molecule has 126 valence electrons. The quantitative estimate of drug-likeness (QED) is 0.895. The molecule has 23 heavy (non-hydrogen) atoms. The zero-order valence-corrected chi connectivity index (χ0v) is 14.2. The predicted molar refractivity (Wildman–Crippen MR) is 89.5 cm³/mol. The average Bonchev–Trinajstić information content (AvgIpc) is 2.46. The Hall–Kier alpha value is -1.92. The van der Waals surface area contributed by atoms with Crippen molar-refractivity contribution in [2.24, 2.45) is 0 Å². The van der Waals surface area contributed by atoms with Gasteiger partial charge in [-0.2, -0.15) is 0 Å². The van der Waals surface area contributed by atoms with E-state index in [0.717, 1.165) is 11.1 Å². The second-order valence-electron chi connectivity index (χ2n) is 6.24. The van der Waals surface area contributed by atoms with Crippen LogP contribution in [0.2, 0.25) is 0 Å². The van der Waals surface area contributed by atoms with Gasteiger partial charge in [-0.3, -0.25) is 15.0 Å². The number of carbonyl (C=O) groups excluding carboxylic acids is 2. The lowest BCUT2D eigenvalue weighted by Crippen LogP contribution is -2.51. The van der Waals surface area contributed by atoms with Crippen molar-refractivity contribution < 1.29 is 14.3 Å². The summed E-state index contributed by atoms with van der Waals surface area (Å²) in [6.07, 6.45) is 0.100. The van der Waals surface area contributed by atoms with E-state index in [-0.39, 0.29) is 24.6 Å². The van der Waals surface area contributed by atoms with E-state index >= 15 is 0 Å². The minimum absolute atomic E-state index is 0.100. The van der Waals surface area contributed by atoms with Crippen molar-refractivity contribution in [3.8, 4) is 0 Å². The topological polar surface area (TPSA) is 70.7 Å². The molecule has 0 radical (unpaired) electrons. The third kappa shape index (κ3) is 5.04. The van der Waals surface area contributed by atoms with Crippen molar-refractivity contribution in [2.45, 2.75) is 39.8 Å². The normalized spacial score (nSPS) is 21.7. The Kier molecular flexibility index (Phi) is 5.74. The van der Waals surface area contributed by atoms with Crippen molar-refractivity contribution in [1.29, 1.82) is 0 Å². The number of imide groups is 1. The van der Waals surface area contributed by atoms with Crippen LogP contribution in [0.1, 0.15) is 25.0 Å². The minimum atomic E-state index is -0.504. The van der Waals surface area contributed by atoms with Crippen LogP contribution in [0, 0.1) is 13.8 Å². The van der Waals surface area contributed by atoms with E-state index in [1.807, 2.05) is 50.8 Å². The number of nitrogens with one attached hydrogen (secondary N) is 2. The molecule has 1 aromatic rings. The summed E-state index contributed by atoms with van der Waals surface area (Å²) >= 11 is 0. The van der Waals surface area contributed by atoms with E-state index in [4.69, 9.17) is 4.74 Å². The predicted octanol–water partition coefficient (Wildman–Crippen LogP) is 2.06. The van der Waals surface area contributed by atoms with Crippen molar-refractivity contribution in [3.63, 3.8) is 0 Å². The molecule has 0 spiro atoms. The second-order valence-corrected chi connectivity index (χ2v) is 6.24. The summed E-state index contributed by atoms with van der Waals surface area (Å²) < 4.78 is 5.53. The number of rotatable bonds is 3. The molecule has 0 unspecified atom stereocenters. The SMILES string of the molecule is Cc1ccc(NC(=O)NC(=O)CN2C[C@@H](C)OC[C@@H]2C)c(C)c1. The third-order valence-corrected chi connectivity index (χ3v) is 3.97. The van der Waals surface area contributed by atoms with Gasteiger partial charge >= 0.3 is 6.03 Å². The first-order valence-corrected chi connectivity index (χ1v) is 7.89. The minimum Gasteiger partial charge on any atom is -0.376 e. The van der Waals surface area contributed by atoms with Crippen LogP contribution in [0.4, 0.5) is 10.5 Å². The van der Waals surface area contributed by atoms with Crippen molar-refractivity contribution in [2.75, 3.05) is 25.0 Å². The molecule has 0 saturated carbocycles. The lowest BCUT2D eigenvalue weighted by Gasteiger charge is -2.36. The zero-order chi connectivity index (χ0) is 17.0. The molecule has 6 heteroatoms. The zero-order valence-electron chi connectivity index (χ0n) is 14.2. The molecule has 6 nitrogen and oxygen atoms in total. The van der Waals surface area contributed by atoms with Crippen molar-refractivity contribution >= 4 is 17.6 Å². The van der Waals surface area contributed by atoms with Gasteiger partial charge in [0.25, 0.3) is 0 Å². The first-order valence-electron chi connectivity index (χ1n) is 7.89. The molecule has 2 atom stereocenters. The van der Waals surface area contributed by atoms with E-state index in [1.54, 1.807) is 0 Å². The number of urea groups is 1. The molecule has 1 aliphatic rings. The van der Waals surface area contributed by atoms with E-state index in [0.29, 0.717) is 18.8 Å². The van der Waals surface area contributed by atoms with E-state index < -0.39 is 6.03 Å². The van der Waals surface area contributed by atoms with Gasteiger partial charge < -0.3 is 10.1 Å². The van der Waals surface area contributed by atoms with Crippen LogP contribution < -0.4 is 10.6 Å². The second kappa shape index (κ2) is 7.57. The van der Waals surface area contributed by atoms with Crippen LogP contribution in [-0.2, 0) is 9.53 Å². The lowest BCUT2D eigenvalue weighted by atomic mass is 10.1. The molecule has 1 aliphatic heterocycles. The Balaban J connectivity index is 1.86. The van der Waals surface area contributed by atoms with Crippen molar-refractivity contribution in [3.05, 3.63) is 29.3 Å². The summed E-state index contributed by atoms with van der Waals surface area (Å²) in [5.74, 6) is -0.312. The molecule has 1 heterocycles. The Bertz CT molecular complexity index is 588. The van der Waals surface area contributed by atoms with E-state index in [2.05, 4.69) is 10.6 Å². The Morgan fingerprint density at radius 2 is 2.04 bits per heavy atom. The molecule has 2 rings (SSSR count). The third-order valence-electron chi connectivity index (χ3n) is 3.97. The summed E-state index contributed by atoms with van der Waals surface area (Å²) in [5.41, 5.74) is 2.79. The average molecular weight is 319 g/mol. The number of amides is 3. The molecule has 1 saturated heterocycles. The molecular weight excluding hydrogens is 294 g/mol. The largest absolute Gasteiger partial charge is 0.376 e. The van der Waals surface area contributed by atoms with Gasteiger partial charge in [-0.15, -0.1) is 0 Å². The fraction of sp³-hybridized carbons (Fsp3) is 0.529. The van der Waals surface area contributed by atoms with Crippen LogP contribution in [-0.4, -0.2) is 48.7 Å². The van der Waals surface area contributed by atoms with Gasteiger partial charge in [0.05, 0.1) is 19.3 Å². The highest BCUT2D eigenvalue weighted by molar-refractivity contribution is 6.02. The number of carbonyl (C=O) groups is 2. The fourth-order valence-electron chi connectivity index (χ4n) is 2.65. The number of hydrogen-bond acceptors (Lipinski definition) is 4. The van der Waals surface area contributed by atoms with Gasteiger partial charge in [-0.05, 0) is 39.3 Å². The summed E-state index contributed by atoms with van der Waals surface area (Å²) in [7, 11) is 0. The Morgan fingerprint density at radius 3 is 2.74 bits per heavy atom. The maximum absolute atomic E-state index is 12.0. The van der Waals surface area contributed by atoms with Gasteiger partial charge in [0.15, 0.2) is 0 Å². The van der Waals surface area contributed by atoms with Gasteiger partial charge in [-0.25, -0.2) is 4.79 Å². The van der Waals surface area contributed by atoms with Crippen molar-refractivity contribution in [1.82, 2.24) is 10.2 Å². The summed E-state index contributed by atoms with van der Waals surface area (Å²) in [5, 5.41) is 5.09. The van der Waals surface area contributed by atoms with Crippen LogP contribution in [0.5, 0.6) is 0 Å². The number of hydrogen-bond donors (Lipinski definition) is 2. The molecule has 1 fully saturated rings. The van der Waals surface area contributed by atoms with Gasteiger partial charge in [0.1, 0.15) is 0 Å². The highest BCUT2D eigenvalue weighted by Crippen LogP contribution is 2.15. The van der Waals surface area contributed by atoms with Crippen LogP contribution in [0.25, 0.3) is 0 Å². The highest BCUT2D eigenvalue weighted by Gasteiger charge is 2.25. The highest BCUT2D eigenvalue weighted by atomic mass is 16.5. The molecular formula is C17H25N3O3. The van der Waals surface area contributed by atoms with Gasteiger partial charge in [0.2, 0.25) is 5.91 Å². The lowest BCUT2D eigenvalue weighted by molar-refractivity contribution is -0.124. The number of anilines is 1. The van der Waals surface area contributed by atoms with Gasteiger partial charge in [-0.1, -0.05) is 17.7 Å². The first kappa shape index (κ1) is 17.4. The number of benzene rings is 1. The molecule has 3 amide bonds. The molecule has 1 aromatic carbocycles. The maximum Gasteiger partial charge on any atom is 0.325 e. The smallest absolute Gasteiger partial charge is 0.325 e. The van der Waals surface area contributed by atoms with Gasteiger partial charge in [0, 0.05) is 18.3 Å². The molecule has 0 aromatic heterocycles. The number of morpholine rings is 1. The fourth-order valence-corrected chi connectivity index (χ4v) is 2.65. The van der Waals surface area contributed by atoms with E-state index in [9.17, 15) is 9.59 Å².